The standard InChI is InChI=1S/C19H15N3O4S/c23-18(12-26-17-9-8-13-4-1-2-5-14(13)10-17)21-19(27)20-15-6-3-7-16(11-15)22(24)25/h1-11H,12H2,(H2,20,21,23,27). The topological polar surface area (TPSA) is 93.5 Å². The van der Waals surface area contributed by atoms with Gasteiger partial charge in [0.1, 0.15) is 5.75 Å². The van der Waals surface area contributed by atoms with Crippen molar-refractivity contribution in [3.63, 3.8) is 0 Å². The predicted octanol–water partition coefficient (Wildman–Crippen LogP) is 3.64. The summed E-state index contributed by atoms with van der Waals surface area (Å²) < 4.78 is 5.49. The second kappa shape index (κ2) is 8.24. The summed E-state index contributed by atoms with van der Waals surface area (Å²) in [4.78, 5) is 22.3. The Hall–Kier alpha value is -3.52. The predicted molar refractivity (Wildman–Crippen MR) is 107 cm³/mol. The van der Waals surface area contributed by atoms with E-state index in [4.69, 9.17) is 17.0 Å². The summed E-state index contributed by atoms with van der Waals surface area (Å²) in [6, 6.07) is 19.2. The van der Waals surface area contributed by atoms with Crippen LogP contribution in [-0.2, 0) is 4.79 Å². The van der Waals surface area contributed by atoms with Crippen molar-refractivity contribution in [1.29, 1.82) is 0 Å². The summed E-state index contributed by atoms with van der Waals surface area (Å²) >= 11 is 5.05. The Labute approximate surface area is 160 Å². The third-order valence-corrected chi connectivity index (χ3v) is 3.86. The molecule has 0 aliphatic rings. The Bertz CT molecular complexity index is 1020. The number of thiocarbonyl (C=S) groups is 1. The van der Waals surface area contributed by atoms with Crippen LogP contribution < -0.4 is 15.4 Å². The van der Waals surface area contributed by atoms with Crippen LogP contribution in [-0.4, -0.2) is 22.5 Å². The average molecular weight is 381 g/mol. The number of amides is 1. The molecule has 3 aromatic rings. The van der Waals surface area contributed by atoms with E-state index in [1.54, 1.807) is 12.1 Å². The largest absolute Gasteiger partial charge is 0.484 e. The monoisotopic (exact) mass is 381 g/mol. The molecule has 0 bridgehead atoms. The lowest BCUT2D eigenvalue weighted by molar-refractivity contribution is -0.384. The van der Waals surface area contributed by atoms with E-state index in [1.807, 2.05) is 36.4 Å². The van der Waals surface area contributed by atoms with Gasteiger partial charge in [-0.25, -0.2) is 0 Å². The van der Waals surface area contributed by atoms with Crippen LogP contribution in [0.1, 0.15) is 0 Å². The number of benzene rings is 3. The minimum Gasteiger partial charge on any atom is -0.484 e. The molecular formula is C19H15N3O4S. The van der Waals surface area contributed by atoms with E-state index in [-0.39, 0.29) is 17.4 Å². The number of non-ortho nitro benzene ring substituents is 1. The van der Waals surface area contributed by atoms with Gasteiger partial charge in [-0.2, -0.15) is 0 Å². The molecule has 0 atom stereocenters. The summed E-state index contributed by atoms with van der Waals surface area (Å²) in [5.74, 6) is 0.132. The molecule has 27 heavy (non-hydrogen) atoms. The van der Waals surface area contributed by atoms with Crippen molar-refractivity contribution in [2.75, 3.05) is 11.9 Å². The average Bonchev–Trinajstić information content (AvgIpc) is 2.66. The minimum atomic E-state index is -0.510. The molecule has 0 saturated carbocycles. The molecular weight excluding hydrogens is 366 g/mol. The van der Waals surface area contributed by atoms with E-state index in [0.29, 0.717) is 11.4 Å². The molecule has 0 aliphatic heterocycles. The van der Waals surface area contributed by atoms with Gasteiger partial charge in [0.25, 0.3) is 11.6 Å². The number of rotatable bonds is 5. The van der Waals surface area contributed by atoms with E-state index in [0.717, 1.165) is 10.8 Å². The molecule has 0 aromatic heterocycles. The van der Waals surface area contributed by atoms with Crippen LogP contribution in [0.2, 0.25) is 0 Å². The first-order valence-electron chi connectivity index (χ1n) is 7.98. The Balaban J connectivity index is 1.53. The summed E-state index contributed by atoms with van der Waals surface area (Å²) in [5, 5.41) is 18.1. The molecule has 0 aliphatic carbocycles. The fraction of sp³-hybridized carbons (Fsp3) is 0.0526. The number of hydrogen-bond donors (Lipinski definition) is 2. The van der Waals surface area contributed by atoms with Crippen LogP contribution in [0.5, 0.6) is 5.75 Å². The zero-order chi connectivity index (χ0) is 19.2. The summed E-state index contributed by atoms with van der Waals surface area (Å²) in [5.41, 5.74) is 0.332. The number of ether oxygens (including phenoxy) is 1. The van der Waals surface area contributed by atoms with Crippen LogP contribution in [0.15, 0.2) is 66.7 Å². The molecule has 0 spiro atoms. The number of nitro groups is 1. The van der Waals surface area contributed by atoms with Crippen LogP contribution in [0.25, 0.3) is 10.8 Å². The summed E-state index contributed by atoms with van der Waals surface area (Å²) in [7, 11) is 0. The highest BCUT2D eigenvalue weighted by Crippen LogP contribution is 2.20. The van der Waals surface area contributed by atoms with E-state index in [2.05, 4.69) is 10.6 Å². The molecule has 3 rings (SSSR count). The Kier molecular flexibility index (Phi) is 5.58. The lowest BCUT2D eigenvalue weighted by Crippen LogP contribution is -2.37. The molecule has 8 heteroatoms. The van der Waals surface area contributed by atoms with E-state index < -0.39 is 10.8 Å². The van der Waals surface area contributed by atoms with Crippen molar-refractivity contribution < 1.29 is 14.5 Å². The molecule has 1 amide bonds. The molecule has 0 heterocycles. The van der Waals surface area contributed by atoms with Gasteiger partial charge in [-0.05, 0) is 41.2 Å². The third kappa shape index (κ3) is 4.99. The number of carbonyl (C=O) groups excluding carboxylic acids is 1. The summed E-state index contributed by atoms with van der Waals surface area (Å²) in [6.45, 7) is -0.213. The molecule has 0 fully saturated rings. The fourth-order valence-electron chi connectivity index (χ4n) is 2.43. The number of nitrogens with one attached hydrogen (secondary N) is 2. The molecule has 7 nitrogen and oxygen atoms in total. The van der Waals surface area contributed by atoms with Gasteiger partial charge in [0.2, 0.25) is 0 Å². The number of carbonyl (C=O) groups is 1. The van der Waals surface area contributed by atoms with Crippen molar-refractivity contribution >= 4 is 45.4 Å². The van der Waals surface area contributed by atoms with Crippen LogP contribution in [0.4, 0.5) is 11.4 Å². The number of hydrogen-bond acceptors (Lipinski definition) is 5. The Morgan fingerprint density at radius 1 is 1.04 bits per heavy atom. The second-order valence-electron chi connectivity index (χ2n) is 5.61. The van der Waals surface area contributed by atoms with Gasteiger partial charge in [-0.15, -0.1) is 0 Å². The molecule has 0 saturated heterocycles. The maximum atomic E-state index is 12.0. The normalized spacial score (nSPS) is 10.2. The maximum absolute atomic E-state index is 12.0. The first-order chi connectivity index (χ1) is 13.0. The molecule has 136 valence electrons. The van der Waals surface area contributed by atoms with Crippen molar-refractivity contribution in [2.24, 2.45) is 0 Å². The van der Waals surface area contributed by atoms with Crippen molar-refractivity contribution in [2.45, 2.75) is 0 Å². The first-order valence-corrected chi connectivity index (χ1v) is 8.39. The zero-order valence-electron chi connectivity index (χ0n) is 14.0. The van der Waals surface area contributed by atoms with Gasteiger partial charge in [0.15, 0.2) is 11.7 Å². The highest BCUT2D eigenvalue weighted by atomic mass is 32.1. The van der Waals surface area contributed by atoms with Crippen molar-refractivity contribution in [3.05, 3.63) is 76.8 Å². The highest BCUT2D eigenvalue weighted by molar-refractivity contribution is 7.80. The number of fused-ring (bicyclic) bond motifs is 1. The quantitative estimate of drug-likeness (QED) is 0.398. The lowest BCUT2D eigenvalue weighted by atomic mass is 10.1. The minimum absolute atomic E-state index is 0.0302. The van der Waals surface area contributed by atoms with E-state index >= 15 is 0 Å². The van der Waals surface area contributed by atoms with Crippen LogP contribution in [0.3, 0.4) is 0 Å². The van der Waals surface area contributed by atoms with Crippen molar-refractivity contribution in [3.8, 4) is 5.75 Å². The zero-order valence-corrected chi connectivity index (χ0v) is 14.9. The van der Waals surface area contributed by atoms with Gasteiger partial charge in [-0.1, -0.05) is 36.4 Å². The van der Waals surface area contributed by atoms with Crippen molar-refractivity contribution in [1.82, 2.24) is 5.32 Å². The third-order valence-electron chi connectivity index (χ3n) is 3.66. The SMILES string of the molecule is O=C(COc1ccc2ccccc2c1)NC(=S)Nc1cccc([N+](=O)[O-])c1. The van der Waals surface area contributed by atoms with Gasteiger partial charge < -0.3 is 10.1 Å². The van der Waals surface area contributed by atoms with Crippen LogP contribution >= 0.6 is 12.2 Å². The highest BCUT2D eigenvalue weighted by Gasteiger charge is 2.09. The van der Waals surface area contributed by atoms with Gasteiger partial charge >= 0.3 is 0 Å². The Morgan fingerprint density at radius 3 is 2.59 bits per heavy atom. The Morgan fingerprint density at radius 2 is 1.81 bits per heavy atom. The second-order valence-corrected chi connectivity index (χ2v) is 6.02. The number of nitro benzene ring substituents is 1. The number of anilines is 1. The maximum Gasteiger partial charge on any atom is 0.271 e. The molecule has 0 unspecified atom stereocenters. The number of nitrogens with zero attached hydrogens (tertiary/aromatic N) is 1. The van der Waals surface area contributed by atoms with E-state index in [9.17, 15) is 14.9 Å². The molecule has 0 radical (unpaired) electrons. The molecule has 3 aromatic carbocycles. The first kappa shape index (κ1) is 18.3. The molecule has 2 N–H and O–H groups in total. The summed E-state index contributed by atoms with van der Waals surface area (Å²) in [6.07, 6.45) is 0. The smallest absolute Gasteiger partial charge is 0.271 e. The lowest BCUT2D eigenvalue weighted by Gasteiger charge is -2.10. The fourth-order valence-corrected chi connectivity index (χ4v) is 2.66. The van der Waals surface area contributed by atoms with Gasteiger partial charge in [-0.3, -0.25) is 20.2 Å². The van der Waals surface area contributed by atoms with Gasteiger partial charge in [0.05, 0.1) is 4.92 Å². The van der Waals surface area contributed by atoms with E-state index in [1.165, 1.54) is 18.2 Å². The van der Waals surface area contributed by atoms with Crippen LogP contribution in [0, 0.1) is 10.1 Å². The van der Waals surface area contributed by atoms with Gasteiger partial charge in [0, 0.05) is 17.8 Å².